The minimum Gasteiger partial charge on any atom is -0.480 e. The number of aryl methyl sites for hydroxylation is 1. The van der Waals surface area contributed by atoms with Crippen molar-refractivity contribution in [1.82, 2.24) is 10.3 Å². The van der Waals surface area contributed by atoms with Crippen LogP contribution in [0.25, 0.3) is 10.9 Å². The van der Waals surface area contributed by atoms with Crippen molar-refractivity contribution in [2.24, 2.45) is 0 Å². The molecule has 0 fully saturated rings. The Kier molecular flexibility index (Phi) is 4.83. The second kappa shape index (κ2) is 7.21. The first-order valence-electron chi connectivity index (χ1n) is 7.83. The lowest BCUT2D eigenvalue weighted by Gasteiger charge is -2.14. The maximum absolute atomic E-state index is 13.2. The van der Waals surface area contributed by atoms with Gasteiger partial charge in [0.15, 0.2) is 0 Å². The third-order valence-electron chi connectivity index (χ3n) is 3.97. The molecule has 0 aliphatic rings. The summed E-state index contributed by atoms with van der Waals surface area (Å²) in [6.45, 7) is 0. The van der Waals surface area contributed by atoms with E-state index in [9.17, 15) is 19.1 Å². The number of carbonyl (C=O) groups is 2. The Balaban J connectivity index is 1.66. The number of carbonyl (C=O) groups excluding carboxylic acids is 1. The van der Waals surface area contributed by atoms with Gasteiger partial charge in [-0.15, -0.1) is 0 Å². The number of aliphatic carboxylic acids is 1. The molecule has 6 nitrogen and oxygen atoms in total. The summed E-state index contributed by atoms with van der Waals surface area (Å²) in [7, 11) is 0. The van der Waals surface area contributed by atoms with E-state index in [1.54, 1.807) is 24.4 Å². The minimum absolute atomic E-state index is 0.105. The molecule has 0 aliphatic carbocycles. The Bertz CT molecular complexity index is 886. The lowest BCUT2D eigenvalue weighted by Crippen LogP contribution is -2.42. The highest BCUT2D eigenvalue weighted by Gasteiger charge is 2.22. The summed E-state index contributed by atoms with van der Waals surface area (Å²) < 4.78 is 18.4. The maximum atomic E-state index is 13.2. The largest absolute Gasteiger partial charge is 0.480 e. The Hall–Kier alpha value is -3.09. The smallest absolute Gasteiger partial charge is 0.326 e. The van der Waals surface area contributed by atoms with E-state index >= 15 is 0 Å². The van der Waals surface area contributed by atoms with Gasteiger partial charge in [0.25, 0.3) is 0 Å². The number of rotatable bonds is 7. The zero-order chi connectivity index (χ0) is 17.8. The average Bonchev–Trinajstić information content (AvgIpc) is 3.22. The van der Waals surface area contributed by atoms with Gasteiger partial charge < -0.3 is 19.8 Å². The van der Waals surface area contributed by atoms with Crippen LogP contribution in [0.2, 0.25) is 0 Å². The number of furan rings is 1. The number of H-pyrrole nitrogens is 1. The number of amides is 1. The van der Waals surface area contributed by atoms with Crippen LogP contribution in [0.5, 0.6) is 0 Å². The molecule has 0 aliphatic heterocycles. The number of nitrogens with one attached hydrogen (secondary N) is 2. The lowest BCUT2D eigenvalue weighted by atomic mass is 10.0. The van der Waals surface area contributed by atoms with Crippen LogP contribution < -0.4 is 5.32 Å². The van der Waals surface area contributed by atoms with E-state index in [1.165, 1.54) is 18.4 Å². The topological polar surface area (TPSA) is 95.3 Å². The third kappa shape index (κ3) is 4.06. The average molecular weight is 344 g/mol. The molecule has 2 heterocycles. The van der Waals surface area contributed by atoms with Crippen LogP contribution in [0.4, 0.5) is 4.39 Å². The van der Waals surface area contributed by atoms with Crippen molar-refractivity contribution < 1.29 is 23.5 Å². The second-order valence-electron chi connectivity index (χ2n) is 5.75. The van der Waals surface area contributed by atoms with Crippen molar-refractivity contribution in [3.63, 3.8) is 0 Å². The fraction of sp³-hybridized carbons (Fsp3) is 0.222. The van der Waals surface area contributed by atoms with Crippen molar-refractivity contribution >= 4 is 22.8 Å². The van der Waals surface area contributed by atoms with Crippen LogP contribution in [-0.2, 0) is 22.4 Å². The van der Waals surface area contributed by atoms with Crippen molar-refractivity contribution in [2.45, 2.75) is 25.3 Å². The standard InChI is InChI=1S/C18H17FN2O4/c19-12-3-5-14-11(10-20-15(14)9-12)8-16(18(23)24)21-17(22)6-4-13-2-1-7-25-13/h1-3,5,7,9-10,16,20H,4,6,8H2,(H,21,22)(H,23,24)/t16-/m1/s1. The van der Waals surface area contributed by atoms with Gasteiger partial charge in [0.2, 0.25) is 5.91 Å². The first kappa shape index (κ1) is 16.8. The summed E-state index contributed by atoms with van der Waals surface area (Å²) in [4.78, 5) is 26.4. The Morgan fingerprint density at radius 3 is 2.88 bits per heavy atom. The summed E-state index contributed by atoms with van der Waals surface area (Å²) in [6, 6.07) is 6.68. The van der Waals surface area contributed by atoms with Gasteiger partial charge in [-0.2, -0.15) is 0 Å². The molecule has 1 atom stereocenters. The highest BCUT2D eigenvalue weighted by Crippen LogP contribution is 2.20. The van der Waals surface area contributed by atoms with Gasteiger partial charge in [-0.25, -0.2) is 9.18 Å². The number of hydrogen-bond acceptors (Lipinski definition) is 3. The predicted octanol–water partition coefficient (Wildman–Crippen LogP) is 2.64. The van der Waals surface area contributed by atoms with Crippen molar-refractivity contribution in [3.05, 3.63) is 59.9 Å². The van der Waals surface area contributed by atoms with Crippen molar-refractivity contribution in [2.75, 3.05) is 0 Å². The van der Waals surface area contributed by atoms with E-state index in [2.05, 4.69) is 10.3 Å². The number of hydrogen-bond donors (Lipinski definition) is 3. The van der Waals surface area contributed by atoms with Gasteiger partial charge in [0.1, 0.15) is 17.6 Å². The molecule has 3 aromatic rings. The molecule has 0 unspecified atom stereocenters. The molecule has 0 radical (unpaired) electrons. The van der Waals surface area contributed by atoms with Gasteiger partial charge in [-0.3, -0.25) is 4.79 Å². The number of fused-ring (bicyclic) bond motifs is 1. The van der Waals surface area contributed by atoms with E-state index in [-0.39, 0.29) is 24.6 Å². The van der Waals surface area contributed by atoms with E-state index in [4.69, 9.17) is 4.42 Å². The Morgan fingerprint density at radius 1 is 1.32 bits per heavy atom. The molecule has 3 rings (SSSR count). The molecule has 0 bridgehead atoms. The van der Waals surface area contributed by atoms with Crippen molar-refractivity contribution in [3.8, 4) is 0 Å². The molecule has 25 heavy (non-hydrogen) atoms. The molecule has 7 heteroatoms. The molecule has 3 N–H and O–H groups in total. The SMILES string of the molecule is O=C(CCc1ccco1)N[C@H](Cc1c[nH]c2cc(F)ccc12)C(=O)O. The van der Waals surface area contributed by atoms with Gasteiger partial charge >= 0.3 is 5.97 Å². The summed E-state index contributed by atoms with van der Waals surface area (Å²) >= 11 is 0. The molecule has 130 valence electrons. The third-order valence-corrected chi connectivity index (χ3v) is 3.97. The predicted molar refractivity (Wildman–Crippen MR) is 88.6 cm³/mol. The highest BCUT2D eigenvalue weighted by atomic mass is 19.1. The number of aromatic nitrogens is 1. The van der Waals surface area contributed by atoms with Crippen molar-refractivity contribution in [1.29, 1.82) is 0 Å². The quantitative estimate of drug-likeness (QED) is 0.614. The molecule has 1 amide bonds. The molecule has 0 saturated heterocycles. The summed E-state index contributed by atoms with van der Waals surface area (Å²) in [5.74, 6) is -1.19. The number of carboxylic acid groups (broad SMARTS) is 1. The van der Waals surface area contributed by atoms with Gasteiger partial charge in [-0.1, -0.05) is 0 Å². The molecule has 2 aromatic heterocycles. The normalized spacial score (nSPS) is 12.2. The zero-order valence-corrected chi connectivity index (χ0v) is 13.3. The lowest BCUT2D eigenvalue weighted by molar-refractivity contribution is -0.141. The van der Waals surface area contributed by atoms with E-state index in [0.717, 1.165) is 5.39 Å². The van der Waals surface area contributed by atoms with E-state index < -0.39 is 12.0 Å². The minimum atomic E-state index is -1.12. The van der Waals surface area contributed by atoms with E-state index in [1.807, 2.05) is 0 Å². The number of benzene rings is 1. The molecule has 0 saturated carbocycles. The Morgan fingerprint density at radius 2 is 2.16 bits per heavy atom. The first-order valence-corrected chi connectivity index (χ1v) is 7.83. The number of halogens is 1. The number of aromatic amines is 1. The summed E-state index contributed by atoms with van der Waals surface area (Å²) in [5, 5.41) is 12.6. The molecule has 0 spiro atoms. The van der Waals surface area contributed by atoms with Crippen LogP contribution in [0.1, 0.15) is 17.7 Å². The molecule has 1 aromatic carbocycles. The van der Waals surface area contributed by atoms with Gasteiger partial charge in [0, 0.05) is 36.4 Å². The second-order valence-corrected chi connectivity index (χ2v) is 5.75. The fourth-order valence-electron chi connectivity index (χ4n) is 2.71. The van der Waals surface area contributed by atoms with Crippen LogP contribution in [0.15, 0.2) is 47.2 Å². The number of carboxylic acids is 1. The molecular weight excluding hydrogens is 327 g/mol. The van der Waals surface area contributed by atoms with E-state index in [0.29, 0.717) is 23.3 Å². The maximum Gasteiger partial charge on any atom is 0.326 e. The Labute approximate surface area is 142 Å². The first-order chi connectivity index (χ1) is 12.0. The van der Waals surface area contributed by atoms with Crippen LogP contribution in [-0.4, -0.2) is 28.0 Å². The molecular formula is C18H17FN2O4. The van der Waals surface area contributed by atoms with Gasteiger partial charge in [0.05, 0.1) is 6.26 Å². The monoisotopic (exact) mass is 344 g/mol. The van der Waals surface area contributed by atoms with Gasteiger partial charge in [-0.05, 0) is 35.9 Å². The van der Waals surface area contributed by atoms with Crippen LogP contribution in [0, 0.1) is 5.82 Å². The van der Waals surface area contributed by atoms with Crippen LogP contribution >= 0.6 is 0 Å². The van der Waals surface area contributed by atoms with Crippen LogP contribution in [0.3, 0.4) is 0 Å². The summed E-state index contributed by atoms with van der Waals surface area (Å²) in [6.07, 6.45) is 3.80. The fourth-order valence-corrected chi connectivity index (χ4v) is 2.71. The highest BCUT2D eigenvalue weighted by molar-refractivity contribution is 5.86. The summed E-state index contributed by atoms with van der Waals surface area (Å²) in [5.41, 5.74) is 1.29. The zero-order valence-electron chi connectivity index (χ0n) is 13.3.